The number of nitrogens with one attached hydrogen (secondary N) is 2. The van der Waals surface area contributed by atoms with Crippen molar-refractivity contribution in [3.63, 3.8) is 0 Å². The molecule has 0 bridgehead atoms. The number of halogens is 3. The molecule has 0 saturated carbocycles. The highest BCUT2D eigenvalue weighted by Gasteiger charge is 2.47. The molecule has 5 N–H and O–H groups in total. The molecule has 1 aliphatic heterocycles. The van der Waals surface area contributed by atoms with Crippen LogP contribution in [-0.2, 0) is 22.3 Å². The summed E-state index contributed by atoms with van der Waals surface area (Å²) in [6.07, 6.45) is -3.12. The second-order valence-electron chi connectivity index (χ2n) is 12.0. The van der Waals surface area contributed by atoms with Gasteiger partial charge in [0.05, 0.1) is 22.7 Å². The van der Waals surface area contributed by atoms with E-state index in [1.54, 1.807) is 27.7 Å². The molecule has 7 atom stereocenters. The fraction of sp³-hybridized carbons (Fsp3) is 0.759. The zero-order chi connectivity index (χ0) is 29.6. The highest BCUT2D eigenvalue weighted by molar-refractivity contribution is 5.74. The summed E-state index contributed by atoms with van der Waals surface area (Å²) in [5, 5.41) is 40.7. The van der Waals surface area contributed by atoms with E-state index in [0.29, 0.717) is 37.8 Å². The molecule has 1 heterocycles. The first-order chi connectivity index (χ1) is 17.9. The standard InChI is InChI=1S/C29H47F3N2O5/c1-7-24-27(6,37)16-20(3)34-14-8-13-26(5,36)15-19(2)28(38,21(4)25(35)39-24)18-33-17-22-9-11-23(12-10-22)29(30,31)32/h9-12,19-21,24,33-34,36-38H,7-8,13-18H2,1-6H3. The molecular weight excluding hydrogens is 513 g/mol. The molecule has 7 unspecified atom stereocenters. The maximum absolute atomic E-state index is 13.4. The van der Waals surface area contributed by atoms with E-state index in [9.17, 15) is 33.3 Å². The minimum absolute atomic E-state index is 0.0505. The van der Waals surface area contributed by atoms with Gasteiger partial charge in [0.25, 0.3) is 0 Å². The second kappa shape index (κ2) is 13.3. The Morgan fingerprint density at radius 2 is 1.69 bits per heavy atom. The highest BCUT2D eigenvalue weighted by atomic mass is 19.4. The van der Waals surface area contributed by atoms with Crippen LogP contribution in [0.2, 0.25) is 0 Å². The predicted octanol–water partition coefficient (Wildman–Crippen LogP) is 4.17. The number of cyclic esters (lactones) is 1. The van der Waals surface area contributed by atoms with Crippen molar-refractivity contribution in [1.82, 2.24) is 10.6 Å². The van der Waals surface area contributed by atoms with Crippen LogP contribution in [0.1, 0.15) is 84.8 Å². The zero-order valence-corrected chi connectivity index (χ0v) is 24.1. The van der Waals surface area contributed by atoms with E-state index >= 15 is 0 Å². The Morgan fingerprint density at radius 1 is 1.08 bits per heavy atom. The predicted molar refractivity (Wildman–Crippen MR) is 144 cm³/mol. The molecule has 0 aromatic heterocycles. The van der Waals surface area contributed by atoms with Crippen LogP contribution in [0.3, 0.4) is 0 Å². The van der Waals surface area contributed by atoms with Gasteiger partial charge in [-0.3, -0.25) is 4.79 Å². The molecule has 10 heteroatoms. The first kappa shape index (κ1) is 33.5. The number of hydrogen-bond acceptors (Lipinski definition) is 7. The number of alkyl halides is 3. The van der Waals surface area contributed by atoms with Crippen LogP contribution in [0.15, 0.2) is 24.3 Å². The maximum Gasteiger partial charge on any atom is 0.416 e. The molecule has 7 nitrogen and oxygen atoms in total. The van der Waals surface area contributed by atoms with E-state index in [2.05, 4.69) is 10.6 Å². The van der Waals surface area contributed by atoms with E-state index in [1.807, 2.05) is 13.8 Å². The van der Waals surface area contributed by atoms with Gasteiger partial charge < -0.3 is 30.7 Å². The summed E-state index contributed by atoms with van der Waals surface area (Å²) >= 11 is 0. The number of aliphatic hydroxyl groups is 3. The van der Waals surface area contributed by atoms with Gasteiger partial charge in [0.1, 0.15) is 11.7 Å². The Balaban J connectivity index is 2.30. The molecule has 224 valence electrons. The summed E-state index contributed by atoms with van der Waals surface area (Å²) in [4.78, 5) is 13.4. The number of esters is 1. The first-order valence-electron chi connectivity index (χ1n) is 13.9. The molecule has 1 saturated heterocycles. The third-order valence-electron chi connectivity index (χ3n) is 8.15. The molecule has 1 aromatic carbocycles. The summed E-state index contributed by atoms with van der Waals surface area (Å²) in [5.74, 6) is -2.23. The lowest BCUT2D eigenvalue weighted by atomic mass is 9.73. The fourth-order valence-electron chi connectivity index (χ4n) is 5.65. The van der Waals surface area contributed by atoms with Crippen LogP contribution in [0.5, 0.6) is 0 Å². The number of ether oxygens (including phenoxy) is 1. The van der Waals surface area contributed by atoms with Crippen molar-refractivity contribution in [2.45, 2.75) is 115 Å². The van der Waals surface area contributed by atoms with Gasteiger partial charge in [-0.25, -0.2) is 0 Å². The molecule has 2 rings (SSSR count). The summed E-state index contributed by atoms with van der Waals surface area (Å²) in [7, 11) is 0. The Kier molecular flexibility index (Phi) is 11.4. The van der Waals surface area contributed by atoms with Crippen molar-refractivity contribution in [3.8, 4) is 0 Å². The number of rotatable bonds is 5. The Morgan fingerprint density at radius 3 is 2.26 bits per heavy atom. The molecule has 0 amide bonds. The third-order valence-corrected chi connectivity index (χ3v) is 8.15. The average Bonchev–Trinajstić information content (AvgIpc) is 2.83. The lowest BCUT2D eigenvalue weighted by Gasteiger charge is -2.42. The number of carbonyl (C=O) groups is 1. The van der Waals surface area contributed by atoms with Gasteiger partial charge in [-0.2, -0.15) is 13.2 Å². The molecule has 1 aliphatic rings. The van der Waals surface area contributed by atoms with Crippen molar-refractivity contribution in [2.75, 3.05) is 13.1 Å². The van der Waals surface area contributed by atoms with Crippen LogP contribution < -0.4 is 10.6 Å². The quantitative estimate of drug-likeness (QED) is 0.344. The van der Waals surface area contributed by atoms with Gasteiger partial charge in [-0.15, -0.1) is 0 Å². The van der Waals surface area contributed by atoms with Crippen LogP contribution in [0.25, 0.3) is 0 Å². The molecule has 0 aliphatic carbocycles. The summed E-state index contributed by atoms with van der Waals surface area (Å²) < 4.78 is 44.5. The van der Waals surface area contributed by atoms with Crippen molar-refractivity contribution in [1.29, 1.82) is 0 Å². The average molecular weight is 561 g/mol. The van der Waals surface area contributed by atoms with Gasteiger partial charge in [-0.05, 0) is 90.0 Å². The van der Waals surface area contributed by atoms with Crippen molar-refractivity contribution >= 4 is 5.97 Å². The van der Waals surface area contributed by atoms with Crippen molar-refractivity contribution < 1.29 is 38.0 Å². The molecule has 1 fully saturated rings. The van der Waals surface area contributed by atoms with Gasteiger partial charge in [-0.1, -0.05) is 26.0 Å². The van der Waals surface area contributed by atoms with E-state index in [4.69, 9.17) is 4.74 Å². The largest absolute Gasteiger partial charge is 0.459 e. The lowest BCUT2D eigenvalue weighted by molar-refractivity contribution is -0.182. The van der Waals surface area contributed by atoms with E-state index in [1.165, 1.54) is 12.1 Å². The van der Waals surface area contributed by atoms with Crippen LogP contribution >= 0.6 is 0 Å². The second-order valence-corrected chi connectivity index (χ2v) is 12.0. The van der Waals surface area contributed by atoms with E-state index < -0.39 is 52.5 Å². The number of hydrogen-bond donors (Lipinski definition) is 5. The van der Waals surface area contributed by atoms with Crippen molar-refractivity contribution in [3.05, 3.63) is 35.4 Å². The molecule has 39 heavy (non-hydrogen) atoms. The normalized spacial score (nSPS) is 36.1. The summed E-state index contributed by atoms with van der Waals surface area (Å²) in [6, 6.07) is 4.69. The van der Waals surface area contributed by atoms with Gasteiger partial charge in [0, 0.05) is 19.1 Å². The van der Waals surface area contributed by atoms with Gasteiger partial charge in [0.15, 0.2) is 0 Å². The summed E-state index contributed by atoms with van der Waals surface area (Å²) in [6.45, 7) is 11.2. The first-order valence-corrected chi connectivity index (χ1v) is 13.9. The molecule has 0 radical (unpaired) electrons. The topological polar surface area (TPSA) is 111 Å². The van der Waals surface area contributed by atoms with E-state index in [-0.39, 0.29) is 25.6 Å². The number of carbonyl (C=O) groups excluding carboxylic acids is 1. The minimum atomic E-state index is -4.43. The van der Waals surface area contributed by atoms with Gasteiger partial charge in [0.2, 0.25) is 0 Å². The van der Waals surface area contributed by atoms with Gasteiger partial charge >= 0.3 is 12.1 Å². The minimum Gasteiger partial charge on any atom is -0.459 e. The third kappa shape index (κ3) is 9.42. The van der Waals surface area contributed by atoms with Crippen LogP contribution in [-0.4, -0.2) is 63.3 Å². The lowest BCUT2D eigenvalue weighted by Crippen LogP contribution is -2.56. The van der Waals surface area contributed by atoms with Crippen LogP contribution in [0, 0.1) is 11.8 Å². The summed E-state index contributed by atoms with van der Waals surface area (Å²) in [5.41, 5.74) is -4.21. The Hall–Kier alpha value is -1.72. The smallest absolute Gasteiger partial charge is 0.416 e. The monoisotopic (exact) mass is 560 g/mol. The highest BCUT2D eigenvalue weighted by Crippen LogP contribution is 2.36. The maximum atomic E-state index is 13.4. The Labute approximate surface area is 230 Å². The number of benzene rings is 1. The molecular formula is C29H47F3N2O5. The molecule has 0 spiro atoms. The van der Waals surface area contributed by atoms with E-state index in [0.717, 1.165) is 12.1 Å². The fourth-order valence-corrected chi connectivity index (χ4v) is 5.65. The SMILES string of the molecule is CCC1OC(=O)C(C)C(O)(CNCc2ccc(C(F)(F)F)cc2)C(C)CC(C)(O)CCCNC(C)CC1(C)O. The van der Waals surface area contributed by atoms with Crippen molar-refractivity contribution in [2.24, 2.45) is 11.8 Å². The Bertz CT molecular complexity index is 922. The molecule has 1 aromatic rings. The van der Waals surface area contributed by atoms with Crippen LogP contribution in [0.4, 0.5) is 13.2 Å². The zero-order valence-electron chi connectivity index (χ0n) is 24.1.